The van der Waals surface area contributed by atoms with Gasteiger partial charge in [0.15, 0.2) is 0 Å². The van der Waals surface area contributed by atoms with Crippen LogP contribution in [0.4, 0.5) is 11.5 Å². The number of hydrogen-bond acceptors (Lipinski definition) is 5. The molecule has 0 saturated carbocycles. The fourth-order valence-electron chi connectivity index (χ4n) is 2.17. The lowest BCUT2D eigenvalue weighted by Crippen LogP contribution is -2.18. The van der Waals surface area contributed by atoms with E-state index in [9.17, 15) is 0 Å². The monoisotopic (exact) mass is 330 g/mol. The second-order valence-electron chi connectivity index (χ2n) is 7.82. The summed E-state index contributed by atoms with van der Waals surface area (Å²) >= 11 is 0. The van der Waals surface area contributed by atoms with Crippen molar-refractivity contribution in [3.8, 4) is 0 Å². The molecule has 0 amide bonds. The molecule has 0 atom stereocenters. The largest absolute Gasteiger partial charge is 0.338 e. The third kappa shape index (κ3) is 5.03. The highest BCUT2D eigenvalue weighted by Crippen LogP contribution is 2.25. The van der Waals surface area contributed by atoms with Crippen LogP contribution >= 0.6 is 0 Å². The third-order valence-electron chi connectivity index (χ3n) is 3.71. The molecule has 2 heterocycles. The van der Waals surface area contributed by atoms with Crippen molar-refractivity contribution in [1.29, 1.82) is 0 Å². The molecule has 0 aromatic carbocycles. The minimum atomic E-state index is -0.0150. The second kappa shape index (κ2) is 7.30. The molecule has 0 aliphatic carbocycles. The Morgan fingerprint density at radius 1 is 1.21 bits per heavy atom. The molecular formula is C18H30N6. The number of hydrogen-bond donors (Lipinski definition) is 1. The minimum Gasteiger partial charge on any atom is -0.338 e. The van der Waals surface area contributed by atoms with Gasteiger partial charge in [-0.2, -0.15) is 5.10 Å². The molecule has 132 valence electrons. The highest BCUT2D eigenvalue weighted by atomic mass is 15.3. The van der Waals surface area contributed by atoms with E-state index in [0.29, 0.717) is 0 Å². The third-order valence-corrected chi connectivity index (χ3v) is 3.71. The first-order valence-corrected chi connectivity index (χ1v) is 8.49. The molecule has 0 aliphatic heterocycles. The van der Waals surface area contributed by atoms with Gasteiger partial charge < -0.3 is 10.2 Å². The normalized spacial score (nSPS) is 12.2. The van der Waals surface area contributed by atoms with Crippen LogP contribution in [0.5, 0.6) is 0 Å². The van der Waals surface area contributed by atoms with E-state index in [1.165, 1.54) is 0 Å². The van der Waals surface area contributed by atoms with Crippen molar-refractivity contribution >= 4 is 11.5 Å². The van der Waals surface area contributed by atoms with Crippen LogP contribution in [0, 0.1) is 0 Å². The molecule has 2 aromatic rings. The maximum atomic E-state index is 4.72. The Kier molecular flexibility index (Phi) is 5.59. The molecule has 1 N–H and O–H groups in total. The van der Waals surface area contributed by atoms with Gasteiger partial charge in [-0.3, -0.25) is 4.68 Å². The summed E-state index contributed by atoms with van der Waals surface area (Å²) in [5.41, 5.74) is 1.98. The molecule has 0 fully saturated rings. The zero-order valence-corrected chi connectivity index (χ0v) is 16.0. The number of nitrogens with zero attached hydrogens (tertiary/aromatic N) is 5. The summed E-state index contributed by atoms with van der Waals surface area (Å²) in [6.07, 6.45) is 3.85. The summed E-state index contributed by atoms with van der Waals surface area (Å²) in [7, 11) is 4.12. The average Bonchev–Trinajstić information content (AvgIpc) is 2.91. The Hall–Kier alpha value is -1.95. The van der Waals surface area contributed by atoms with E-state index in [0.717, 1.165) is 36.1 Å². The zero-order valence-electron chi connectivity index (χ0n) is 16.0. The molecule has 0 saturated heterocycles. The Balaban J connectivity index is 2.21. The highest BCUT2D eigenvalue weighted by Gasteiger charge is 2.19. The van der Waals surface area contributed by atoms with Crippen LogP contribution in [0.25, 0.3) is 0 Å². The van der Waals surface area contributed by atoms with Crippen LogP contribution in [0.15, 0.2) is 18.5 Å². The van der Waals surface area contributed by atoms with Crippen molar-refractivity contribution in [2.75, 3.05) is 26.0 Å². The molecule has 24 heavy (non-hydrogen) atoms. The van der Waals surface area contributed by atoms with E-state index in [1.54, 1.807) is 0 Å². The maximum Gasteiger partial charge on any atom is 0.134 e. The first-order valence-electron chi connectivity index (χ1n) is 8.49. The Labute approximate surface area is 145 Å². The van der Waals surface area contributed by atoms with Crippen molar-refractivity contribution in [3.05, 3.63) is 30.0 Å². The minimum absolute atomic E-state index is 0.0150. The van der Waals surface area contributed by atoms with Gasteiger partial charge in [-0.1, -0.05) is 34.6 Å². The van der Waals surface area contributed by atoms with E-state index < -0.39 is 0 Å². The van der Waals surface area contributed by atoms with Gasteiger partial charge in [0.25, 0.3) is 0 Å². The maximum absolute atomic E-state index is 4.72. The molecule has 0 radical (unpaired) electrons. The van der Waals surface area contributed by atoms with Crippen molar-refractivity contribution in [3.63, 3.8) is 0 Å². The van der Waals surface area contributed by atoms with Crippen molar-refractivity contribution in [2.24, 2.45) is 0 Å². The topological polar surface area (TPSA) is 58.9 Å². The summed E-state index contributed by atoms with van der Waals surface area (Å²) in [6.45, 7) is 12.6. The summed E-state index contributed by atoms with van der Waals surface area (Å²) in [6, 6.07) is 2.03. The average molecular weight is 330 g/mol. The first kappa shape index (κ1) is 18.4. The fourth-order valence-corrected chi connectivity index (χ4v) is 2.17. The number of likely N-dealkylation sites (N-methyl/N-ethyl adjacent to an activating group) is 1. The quantitative estimate of drug-likeness (QED) is 0.879. The zero-order chi connectivity index (χ0) is 17.9. The van der Waals surface area contributed by atoms with Gasteiger partial charge in [-0.25, -0.2) is 9.97 Å². The predicted octanol–water partition coefficient (Wildman–Crippen LogP) is 3.40. The Bertz CT molecular complexity index is 666. The predicted molar refractivity (Wildman–Crippen MR) is 98.9 cm³/mol. The molecule has 6 nitrogen and oxygen atoms in total. The van der Waals surface area contributed by atoms with Crippen LogP contribution in [0.2, 0.25) is 0 Å². The number of rotatable bonds is 6. The van der Waals surface area contributed by atoms with Crippen molar-refractivity contribution in [1.82, 2.24) is 24.6 Å². The molecule has 6 heteroatoms. The summed E-state index contributed by atoms with van der Waals surface area (Å²) in [5, 5.41) is 7.77. The number of aromatic nitrogens is 4. The van der Waals surface area contributed by atoms with E-state index in [2.05, 4.69) is 69.0 Å². The standard InChI is InChI=1S/C18H30N6/c1-13(2)17-21-15(18(3,4)5)10-16(22-17)20-14-11-19-24(12-14)9-8-23(6)7/h10-13H,8-9H2,1-7H3,(H,20,21,22). The summed E-state index contributed by atoms with van der Waals surface area (Å²) in [5.74, 6) is 1.98. The SMILES string of the molecule is CC(C)c1nc(Nc2cnn(CCN(C)C)c2)cc(C(C)(C)C)n1. The van der Waals surface area contributed by atoms with Crippen LogP contribution < -0.4 is 5.32 Å². The molecule has 0 bridgehead atoms. The van der Waals surface area contributed by atoms with Gasteiger partial charge >= 0.3 is 0 Å². The molecule has 0 spiro atoms. The summed E-state index contributed by atoms with van der Waals surface area (Å²) < 4.78 is 1.94. The van der Waals surface area contributed by atoms with Gasteiger partial charge in [-0.05, 0) is 14.1 Å². The van der Waals surface area contributed by atoms with Crippen molar-refractivity contribution in [2.45, 2.75) is 52.5 Å². The van der Waals surface area contributed by atoms with E-state index in [-0.39, 0.29) is 11.3 Å². The lowest BCUT2D eigenvalue weighted by atomic mass is 9.91. The smallest absolute Gasteiger partial charge is 0.134 e. The lowest BCUT2D eigenvalue weighted by molar-refractivity contribution is 0.373. The van der Waals surface area contributed by atoms with Crippen LogP contribution in [-0.2, 0) is 12.0 Å². The van der Waals surface area contributed by atoms with Gasteiger partial charge in [0.05, 0.1) is 24.1 Å². The van der Waals surface area contributed by atoms with Gasteiger partial charge in [0, 0.05) is 30.1 Å². The van der Waals surface area contributed by atoms with Crippen LogP contribution in [-0.4, -0.2) is 45.3 Å². The van der Waals surface area contributed by atoms with E-state index in [1.807, 2.05) is 23.1 Å². The number of nitrogens with one attached hydrogen (secondary N) is 1. The summed E-state index contributed by atoms with van der Waals surface area (Å²) in [4.78, 5) is 11.5. The lowest BCUT2D eigenvalue weighted by Gasteiger charge is -2.20. The van der Waals surface area contributed by atoms with E-state index >= 15 is 0 Å². The Morgan fingerprint density at radius 2 is 1.92 bits per heavy atom. The number of anilines is 2. The van der Waals surface area contributed by atoms with Crippen LogP contribution in [0.1, 0.15) is 52.1 Å². The molecule has 2 aromatic heterocycles. The molecule has 2 rings (SSSR count). The highest BCUT2D eigenvalue weighted by molar-refractivity contribution is 5.54. The Morgan fingerprint density at radius 3 is 2.50 bits per heavy atom. The molecule has 0 unspecified atom stereocenters. The molecule has 0 aliphatic rings. The van der Waals surface area contributed by atoms with Crippen molar-refractivity contribution < 1.29 is 0 Å². The van der Waals surface area contributed by atoms with Gasteiger partial charge in [0.1, 0.15) is 11.6 Å². The fraction of sp³-hybridized carbons (Fsp3) is 0.611. The van der Waals surface area contributed by atoms with Gasteiger partial charge in [0.2, 0.25) is 0 Å². The van der Waals surface area contributed by atoms with Gasteiger partial charge in [-0.15, -0.1) is 0 Å². The molecular weight excluding hydrogens is 300 g/mol. The first-order chi connectivity index (χ1) is 11.1. The van der Waals surface area contributed by atoms with E-state index in [4.69, 9.17) is 4.98 Å². The second-order valence-corrected chi connectivity index (χ2v) is 7.82. The van der Waals surface area contributed by atoms with Crippen LogP contribution in [0.3, 0.4) is 0 Å².